The lowest BCUT2D eigenvalue weighted by molar-refractivity contribution is -0.158. The molecule has 34 heavy (non-hydrogen) atoms. The summed E-state index contributed by atoms with van der Waals surface area (Å²) >= 11 is 0. The minimum atomic E-state index is -4.98. The highest BCUT2D eigenvalue weighted by Crippen LogP contribution is 2.40. The number of amides is 2. The Morgan fingerprint density at radius 2 is 1.88 bits per heavy atom. The fourth-order valence-electron chi connectivity index (χ4n) is 4.16. The van der Waals surface area contributed by atoms with Gasteiger partial charge in [0.1, 0.15) is 11.6 Å². The number of hydrogen-bond donors (Lipinski definition) is 2. The van der Waals surface area contributed by atoms with Gasteiger partial charge >= 0.3 is 12.2 Å². The van der Waals surface area contributed by atoms with Gasteiger partial charge in [0.25, 0.3) is 0 Å². The minimum Gasteiger partial charge on any atom is -0.455 e. The summed E-state index contributed by atoms with van der Waals surface area (Å²) in [6.07, 6.45) is -2.43. The topological polar surface area (TPSA) is 92.5 Å². The Labute approximate surface area is 192 Å². The van der Waals surface area contributed by atoms with Crippen molar-refractivity contribution in [1.29, 1.82) is 0 Å². The molecule has 0 saturated carbocycles. The van der Waals surface area contributed by atoms with Crippen LogP contribution in [0, 0.1) is 24.0 Å². The van der Waals surface area contributed by atoms with Crippen LogP contribution in [0.4, 0.5) is 38.4 Å². The monoisotopic (exact) mass is 487 g/mol. The molecule has 0 bridgehead atoms. The van der Waals surface area contributed by atoms with Crippen LogP contribution < -0.4 is 15.5 Å². The Morgan fingerprint density at radius 3 is 2.47 bits per heavy atom. The SMILES string of the molecule is Cc1c([C@H](NC(=O)Nc2cnc(N3CC4(COC4)C3)nc2)C(F)(F)F)oc2c(F)cc(F)cc12.[HH].[HH]. The lowest BCUT2D eigenvalue weighted by atomic mass is 9.78. The van der Waals surface area contributed by atoms with E-state index in [0.717, 1.165) is 19.2 Å². The summed E-state index contributed by atoms with van der Waals surface area (Å²) in [6.45, 7) is 4.09. The molecule has 2 aliphatic heterocycles. The lowest BCUT2D eigenvalue weighted by Gasteiger charge is -2.54. The van der Waals surface area contributed by atoms with Crippen molar-refractivity contribution >= 4 is 28.6 Å². The van der Waals surface area contributed by atoms with E-state index >= 15 is 0 Å². The first-order chi connectivity index (χ1) is 16.0. The summed E-state index contributed by atoms with van der Waals surface area (Å²) in [6, 6.07) is -2.45. The number of furan rings is 1. The second-order valence-corrected chi connectivity index (χ2v) is 8.55. The van der Waals surface area contributed by atoms with Gasteiger partial charge in [0.05, 0.1) is 36.7 Å². The molecule has 0 unspecified atom stereocenters. The predicted octanol–water partition coefficient (Wildman–Crippen LogP) is 4.56. The largest absolute Gasteiger partial charge is 0.455 e. The maximum Gasteiger partial charge on any atom is 0.416 e. The van der Waals surface area contributed by atoms with Gasteiger partial charge in [-0.1, -0.05) is 0 Å². The molecule has 2 fully saturated rings. The lowest BCUT2D eigenvalue weighted by Crippen LogP contribution is -2.66. The number of aryl methyl sites for hydroxylation is 1. The highest BCUT2D eigenvalue weighted by atomic mass is 19.4. The Morgan fingerprint density at radius 1 is 1.21 bits per heavy atom. The van der Waals surface area contributed by atoms with Gasteiger partial charge in [-0.25, -0.2) is 23.5 Å². The van der Waals surface area contributed by atoms with E-state index in [1.807, 2.05) is 4.90 Å². The van der Waals surface area contributed by atoms with E-state index in [-0.39, 0.29) is 24.9 Å². The second kappa shape index (κ2) is 7.79. The molecule has 2 amide bonds. The molecule has 3 aromatic rings. The zero-order valence-electron chi connectivity index (χ0n) is 17.7. The maximum atomic E-state index is 14.0. The molecule has 2 saturated heterocycles. The van der Waals surface area contributed by atoms with Crippen LogP contribution in [-0.2, 0) is 4.74 Å². The van der Waals surface area contributed by atoms with Gasteiger partial charge in [0.15, 0.2) is 17.4 Å². The Balaban J connectivity index is 0.00000180. The Hall–Kier alpha value is -3.48. The van der Waals surface area contributed by atoms with Gasteiger partial charge in [-0.2, -0.15) is 13.2 Å². The molecule has 4 heterocycles. The van der Waals surface area contributed by atoms with Crippen LogP contribution in [0.5, 0.6) is 0 Å². The number of anilines is 2. The molecule has 1 spiro atoms. The highest BCUT2D eigenvalue weighted by molar-refractivity contribution is 5.89. The van der Waals surface area contributed by atoms with Crippen molar-refractivity contribution in [2.75, 3.05) is 36.5 Å². The molecule has 1 atom stereocenters. The highest BCUT2D eigenvalue weighted by Gasteiger charge is 2.50. The molecular formula is C21H22F5N5O3. The molecule has 0 aliphatic carbocycles. The summed E-state index contributed by atoms with van der Waals surface area (Å²) in [5.74, 6) is -2.43. The molecule has 2 aromatic heterocycles. The van der Waals surface area contributed by atoms with Gasteiger partial charge in [-0.05, 0) is 13.0 Å². The molecule has 8 nitrogen and oxygen atoms in total. The smallest absolute Gasteiger partial charge is 0.416 e. The molecule has 5 rings (SSSR count). The van der Waals surface area contributed by atoms with Gasteiger partial charge in [0, 0.05) is 33.0 Å². The van der Waals surface area contributed by atoms with E-state index in [0.29, 0.717) is 25.2 Å². The zero-order valence-corrected chi connectivity index (χ0v) is 17.7. The molecule has 184 valence electrons. The first-order valence-corrected chi connectivity index (χ1v) is 10.2. The number of hydrogen-bond acceptors (Lipinski definition) is 6. The van der Waals surface area contributed by atoms with Crippen molar-refractivity contribution in [2.24, 2.45) is 5.41 Å². The van der Waals surface area contributed by atoms with Crippen molar-refractivity contribution in [2.45, 2.75) is 19.1 Å². The summed E-state index contributed by atoms with van der Waals surface area (Å²) < 4.78 is 79.1. The van der Waals surface area contributed by atoms with Gasteiger partial charge in [0.2, 0.25) is 5.95 Å². The number of nitrogens with zero attached hydrogens (tertiary/aromatic N) is 3. The number of benzene rings is 1. The van der Waals surface area contributed by atoms with E-state index in [1.54, 1.807) is 5.32 Å². The number of alkyl halides is 3. The fraction of sp³-hybridized carbons (Fsp3) is 0.381. The van der Waals surface area contributed by atoms with Gasteiger partial charge < -0.3 is 24.7 Å². The summed E-state index contributed by atoms with van der Waals surface area (Å²) in [4.78, 5) is 22.5. The number of aromatic nitrogens is 2. The van der Waals surface area contributed by atoms with Gasteiger partial charge in [-0.15, -0.1) is 0 Å². The van der Waals surface area contributed by atoms with Crippen molar-refractivity contribution in [3.8, 4) is 0 Å². The van der Waals surface area contributed by atoms with Crippen LogP contribution in [-0.4, -0.2) is 48.5 Å². The predicted molar refractivity (Wildman–Crippen MR) is 114 cm³/mol. The van der Waals surface area contributed by atoms with Crippen LogP contribution in [0.25, 0.3) is 11.0 Å². The van der Waals surface area contributed by atoms with Crippen molar-refractivity contribution in [3.05, 3.63) is 47.5 Å². The molecule has 1 aromatic carbocycles. The number of halogens is 5. The average Bonchev–Trinajstić information content (AvgIpc) is 3.01. The number of carbonyl (C=O) groups excluding carboxylic acids is 1. The van der Waals surface area contributed by atoms with Crippen LogP contribution in [0.1, 0.15) is 20.2 Å². The average molecular weight is 487 g/mol. The van der Waals surface area contributed by atoms with Crippen LogP contribution >= 0.6 is 0 Å². The third kappa shape index (κ3) is 3.89. The summed E-state index contributed by atoms with van der Waals surface area (Å²) in [5.41, 5.74) is -0.460. The second-order valence-electron chi connectivity index (χ2n) is 8.55. The number of ether oxygens (including phenoxy) is 1. The van der Waals surface area contributed by atoms with E-state index in [9.17, 15) is 26.7 Å². The molecule has 2 N–H and O–H groups in total. The first-order valence-electron chi connectivity index (χ1n) is 10.2. The van der Waals surface area contributed by atoms with E-state index in [4.69, 9.17) is 9.15 Å². The fourth-order valence-corrected chi connectivity index (χ4v) is 4.16. The Bertz CT molecular complexity index is 1260. The molecule has 2 aliphatic rings. The number of fused-ring (bicyclic) bond motifs is 1. The van der Waals surface area contributed by atoms with E-state index < -0.39 is 41.2 Å². The van der Waals surface area contributed by atoms with E-state index in [1.165, 1.54) is 19.3 Å². The quantitative estimate of drug-likeness (QED) is 0.524. The third-order valence-electron chi connectivity index (χ3n) is 5.91. The summed E-state index contributed by atoms with van der Waals surface area (Å²) in [5, 5.41) is 3.86. The molecule has 13 heteroatoms. The van der Waals surface area contributed by atoms with Crippen LogP contribution in [0.15, 0.2) is 28.9 Å². The molecule has 0 radical (unpaired) electrons. The number of urea groups is 1. The zero-order chi connectivity index (χ0) is 24.3. The van der Waals surface area contributed by atoms with Crippen molar-refractivity contribution < 1.29 is 38.8 Å². The Kier molecular flexibility index (Phi) is 5.11. The van der Waals surface area contributed by atoms with Crippen LogP contribution in [0.3, 0.4) is 0 Å². The number of rotatable bonds is 4. The van der Waals surface area contributed by atoms with Crippen molar-refractivity contribution in [1.82, 2.24) is 15.3 Å². The first kappa shape index (κ1) is 22.3. The normalized spacial score (nSPS) is 17.9. The number of carbonyl (C=O) groups is 1. The maximum absolute atomic E-state index is 14.0. The number of nitrogens with one attached hydrogen (secondary N) is 2. The minimum absolute atomic E-state index is 0. The van der Waals surface area contributed by atoms with Crippen LogP contribution in [0.2, 0.25) is 0 Å². The standard InChI is InChI=1S/C21H18F5N5O3.2H2/c1-10-13-2-11(22)3-14(23)16(13)34-15(10)17(21(24,25)26)30-19(32)29-12-4-27-18(28-5-12)31-6-20(7-31)8-33-9-20;;/h2-5,17H,6-9H2,1H3,(H2,29,30,32);2*1H/t17-;;/m0../s1. The third-order valence-corrected chi connectivity index (χ3v) is 5.91. The van der Waals surface area contributed by atoms with Gasteiger partial charge in [-0.3, -0.25) is 0 Å². The van der Waals surface area contributed by atoms with E-state index in [2.05, 4.69) is 15.3 Å². The molecular weight excluding hydrogens is 465 g/mol. The van der Waals surface area contributed by atoms with Crippen molar-refractivity contribution in [3.63, 3.8) is 0 Å². The summed E-state index contributed by atoms with van der Waals surface area (Å²) in [7, 11) is 0.